The Morgan fingerprint density at radius 1 is 1.12 bits per heavy atom. The van der Waals surface area contributed by atoms with Gasteiger partial charge in [-0.1, -0.05) is 13.0 Å². The number of benzene rings is 1. The molecule has 0 aliphatic carbocycles. The molecule has 2 amide bonds. The molecule has 0 fully saturated rings. The maximum Gasteiger partial charge on any atom is 0.328 e. The van der Waals surface area contributed by atoms with Crippen LogP contribution < -0.4 is 10.6 Å². The molecule has 0 spiro atoms. The third kappa shape index (κ3) is 6.25. The predicted molar refractivity (Wildman–Crippen MR) is 89.8 cm³/mol. The molecule has 0 saturated heterocycles. The zero-order valence-corrected chi connectivity index (χ0v) is 14.6. The van der Waals surface area contributed by atoms with Crippen LogP contribution in [-0.4, -0.2) is 44.0 Å². The Hall–Kier alpha value is -2.90. The fourth-order valence-electron chi connectivity index (χ4n) is 2.19. The Morgan fingerprint density at radius 3 is 2.36 bits per heavy atom. The van der Waals surface area contributed by atoms with E-state index in [0.717, 1.165) is 0 Å². The van der Waals surface area contributed by atoms with Gasteiger partial charge in [0.25, 0.3) is 5.91 Å². The van der Waals surface area contributed by atoms with Crippen LogP contribution in [0.3, 0.4) is 0 Å². The lowest BCUT2D eigenvalue weighted by atomic mass is 9.97. The zero-order valence-electron chi connectivity index (χ0n) is 14.6. The van der Waals surface area contributed by atoms with Crippen molar-refractivity contribution in [2.75, 3.05) is 19.5 Å². The van der Waals surface area contributed by atoms with Crippen molar-refractivity contribution >= 4 is 29.4 Å². The second-order valence-electron chi connectivity index (χ2n) is 5.49. The van der Waals surface area contributed by atoms with E-state index in [1.165, 1.54) is 27.2 Å². The van der Waals surface area contributed by atoms with E-state index >= 15 is 0 Å². The van der Waals surface area contributed by atoms with Gasteiger partial charge in [-0.15, -0.1) is 0 Å². The Balaban J connectivity index is 2.92. The molecular weight excluding hydrogens is 328 g/mol. The summed E-state index contributed by atoms with van der Waals surface area (Å²) in [5.74, 6) is -2.48. The molecule has 0 bridgehead atoms. The number of hydrogen-bond donors (Lipinski definition) is 2. The molecule has 0 aromatic heterocycles. The summed E-state index contributed by atoms with van der Waals surface area (Å²) < 4.78 is 9.28. The van der Waals surface area contributed by atoms with Gasteiger partial charge in [0.05, 0.1) is 20.6 Å². The highest BCUT2D eigenvalue weighted by atomic mass is 16.5. The van der Waals surface area contributed by atoms with Gasteiger partial charge in [0, 0.05) is 18.2 Å². The third-order valence-corrected chi connectivity index (χ3v) is 3.47. The second kappa shape index (κ2) is 9.41. The van der Waals surface area contributed by atoms with E-state index in [4.69, 9.17) is 4.74 Å². The fourth-order valence-corrected chi connectivity index (χ4v) is 2.19. The number of anilines is 1. The van der Waals surface area contributed by atoms with Gasteiger partial charge in [-0.2, -0.15) is 0 Å². The molecule has 0 saturated carbocycles. The van der Waals surface area contributed by atoms with Crippen LogP contribution in [0, 0.1) is 5.92 Å². The van der Waals surface area contributed by atoms with Crippen molar-refractivity contribution in [2.45, 2.75) is 26.3 Å². The van der Waals surface area contributed by atoms with Gasteiger partial charge >= 0.3 is 11.9 Å². The number of carbonyl (C=O) groups is 4. The highest BCUT2D eigenvalue weighted by Crippen LogP contribution is 2.14. The van der Waals surface area contributed by atoms with Crippen molar-refractivity contribution < 1.29 is 28.7 Å². The van der Waals surface area contributed by atoms with Crippen LogP contribution in [0.2, 0.25) is 0 Å². The molecule has 0 heterocycles. The molecule has 1 rings (SSSR count). The highest BCUT2D eigenvalue weighted by Gasteiger charge is 2.30. The Bertz CT molecular complexity index is 658. The zero-order chi connectivity index (χ0) is 19.0. The second-order valence-corrected chi connectivity index (χ2v) is 5.49. The molecule has 0 aliphatic rings. The molecule has 0 radical (unpaired) electrons. The van der Waals surface area contributed by atoms with Gasteiger partial charge in [0.1, 0.15) is 6.04 Å². The van der Waals surface area contributed by atoms with E-state index in [0.29, 0.717) is 5.69 Å². The van der Waals surface area contributed by atoms with Gasteiger partial charge < -0.3 is 20.1 Å². The minimum Gasteiger partial charge on any atom is -0.469 e. The fraction of sp³-hybridized carbons (Fsp3) is 0.412. The molecule has 136 valence electrons. The molecule has 0 unspecified atom stereocenters. The number of nitrogens with one attached hydrogen (secondary N) is 2. The number of rotatable bonds is 7. The monoisotopic (exact) mass is 350 g/mol. The largest absolute Gasteiger partial charge is 0.469 e. The van der Waals surface area contributed by atoms with Crippen molar-refractivity contribution in [1.82, 2.24) is 5.32 Å². The van der Waals surface area contributed by atoms with Crippen LogP contribution in [0.5, 0.6) is 0 Å². The maximum atomic E-state index is 12.4. The normalized spacial score (nSPS) is 12.5. The van der Waals surface area contributed by atoms with Crippen LogP contribution in [0.15, 0.2) is 24.3 Å². The van der Waals surface area contributed by atoms with Crippen LogP contribution in [-0.2, 0) is 23.9 Å². The molecule has 2 atom stereocenters. The smallest absolute Gasteiger partial charge is 0.328 e. The van der Waals surface area contributed by atoms with E-state index in [9.17, 15) is 19.2 Å². The number of ether oxygens (including phenoxy) is 2. The maximum absolute atomic E-state index is 12.4. The van der Waals surface area contributed by atoms with Crippen molar-refractivity contribution in [3.05, 3.63) is 29.8 Å². The van der Waals surface area contributed by atoms with Gasteiger partial charge in [0.15, 0.2) is 0 Å². The van der Waals surface area contributed by atoms with Crippen molar-refractivity contribution in [3.63, 3.8) is 0 Å². The first-order chi connectivity index (χ1) is 11.8. The Morgan fingerprint density at radius 2 is 1.80 bits per heavy atom. The van der Waals surface area contributed by atoms with Gasteiger partial charge in [-0.25, -0.2) is 4.79 Å². The summed E-state index contributed by atoms with van der Waals surface area (Å²) in [5.41, 5.74) is 0.711. The quantitative estimate of drug-likeness (QED) is 0.713. The molecular formula is C17H22N2O6. The summed E-state index contributed by atoms with van der Waals surface area (Å²) >= 11 is 0. The van der Waals surface area contributed by atoms with E-state index in [1.807, 2.05) is 0 Å². The van der Waals surface area contributed by atoms with Crippen molar-refractivity contribution in [2.24, 2.45) is 5.92 Å². The van der Waals surface area contributed by atoms with Gasteiger partial charge in [-0.3, -0.25) is 14.4 Å². The number of amides is 2. The number of esters is 2. The van der Waals surface area contributed by atoms with E-state index in [2.05, 4.69) is 15.4 Å². The minimum absolute atomic E-state index is 0.0531. The minimum atomic E-state index is -1.01. The van der Waals surface area contributed by atoms with Crippen LogP contribution in [0.25, 0.3) is 0 Å². The average molecular weight is 350 g/mol. The summed E-state index contributed by atoms with van der Waals surface area (Å²) in [6.45, 7) is 2.99. The predicted octanol–water partition coefficient (Wildman–Crippen LogP) is 1.12. The SMILES string of the molecule is COC(=O)C[C@H](C)[C@H](NC(=O)c1cccc(NC(C)=O)c1)C(=O)OC. The first-order valence-corrected chi connectivity index (χ1v) is 7.61. The lowest BCUT2D eigenvalue weighted by Crippen LogP contribution is -2.46. The molecule has 8 heteroatoms. The number of carbonyl (C=O) groups excluding carboxylic acids is 4. The summed E-state index contributed by atoms with van der Waals surface area (Å²) in [6.07, 6.45) is -0.0531. The standard InChI is InChI=1S/C17H22N2O6/c1-10(8-14(21)24-3)15(17(23)25-4)19-16(22)12-6-5-7-13(9-12)18-11(2)20/h5-7,9-10,15H,8H2,1-4H3,(H,18,20)(H,19,22)/t10-,15-/m0/s1. The molecule has 25 heavy (non-hydrogen) atoms. The first-order valence-electron chi connectivity index (χ1n) is 7.61. The van der Waals surface area contributed by atoms with Crippen molar-refractivity contribution in [1.29, 1.82) is 0 Å². The first kappa shape index (κ1) is 20.1. The number of hydrogen-bond acceptors (Lipinski definition) is 6. The molecule has 0 aliphatic heterocycles. The molecule has 1 aromatic rings. The summed E-state index contributed by atoms with van der Waals surface area (Å²) in [6, 6.07) is 5.25. The van der Waals surface area contributed by atoms with Crippen LogP contribution >= 0.6 is 0 Å². The summed E-state index contributed by atoms with van der Waals surface area (Å²) in [5, 5.41) is 5.13. The average Bonchev–Trinajstić information content (AvgIpc) is 2.58. The Kier molecular flexibility index (Phi) is 7.58. The van der Waals surface area contributed by atoms with Gasteiger partial charge in [0.2, 0.25) is 5.91 Å². The molecule has 1 aromatic carbocycles. The lowest BCUT2D eigenvalue weighted by molar-refractivity contribution is -0.146. The summed E-state index contributed by atoms with van der Waals surface area (Å²) in [7, 11) is 2.44. The van der Waals surface area contributed by atoms with Crippen LogP contribution in [0.4, 0.5) is 5.69 Å². The summed E-state index contributed by atoms with van der Waals surface area (Å²) in [4.78, 5) is 46.9. The third-order valence-electron chi connectivity index (χ3n) is 3.47. The highest BCUT2D eigenvalue weighted by molar-refractivity contribution is 5.98. The van der Waals surface area contributed by atoms with E-state index < -0.39 is 29.8 Å². The topological polar surface area (TPSA) is 111 Å². The van der Waals surface area contributed by atoms with Crippen LogP contribution in [0.1, 0.15) is 30.6 Å². The lowest BCUT2D eigenvalue weighted by Gasteiger charge is -2.22. The van der Waals surface area contributed by atoms with Gasteiger partial charge in [-0.05, 0) is 24.1 Å². The number of methoxy groups -OCH3 is 2. The van der Waals surface area contributed by atoms with Crippen molar-refractivity contribution in [3.8, 4) is 0 Å². The van der Waals surface area contributed by atoms with E-state index in [-0.39, 0.29) is 17.9 Å². The van der Waals surface area contributed by atoms with E-state index in [1.54, 1.807) is 25.1 Å². The molecule has 2 N–H and O–H groups in total. The Labute approximate surface area is 145 Å². The molecule has 8 nitrogen and oxygen atoms in total.